The number of aromatic nitrogens is 2. The fraction of sp³-hybridized carbons (Fsp3) is 0.250. The third-order valence-corrected chi connectivity index (χ3v) is 5.08. The van der Waals surface area contributed by atoms with Gasteiger partial charge in [-0.2, -0.15) is 5.10 Å². The SMILES string of the molecule is Cc1ccc(OCC(=O)N/N=C\c2cc(C)n(-c3nccs3)c2C)cc1C. The summed E-state index contributed by atoms with van der Waals surface area (Å²) < 4.78 is 7.57. The number of nitrogens with zero attached hydrogens (tertiary/aromatic N) is 3. The molecule has 3 aromatic rings. The van der Waals surface area contributed by atoms with Crippen molar-refractivity contribution in [2.75, 3.05) is 6.61 Å². The zero-order valence-electron chi connectivity index (χ0n) is 15.8. The molecule has 2 heterocycles. The molecule has 1 aromatic carbocycles. The lowest BCUT2D eigenvalue weighted by Gasteiger charge is -2.07. The molecule has 0 aliphatic rings. The maximum atomic E-state index is 11.9. The topological polar surface area (TPSA) is 68.5 Å². The van der Waals surface area contributed by atoms with Gasteiger partial charge in [0.2, 0.25) is 0 Å². The average Bonchev–Trinajstić information content (AvgIpc) is 3.24. The van der Waals surface area contributed by atoms with Gasteiger partial charge in [0.05, 0.1) is 6.21 Å². The molecule has 0 aliphatic carbocycles. The van der Waals surface area contributed by atoms with Gasteiger partial charge in [0.15, 0.2) is 11.7 Å². The number of thiazole rings is 1. The molecule has 3 rings (SSSR count). The Kier molecular flexibility index (Phi) is 5.71. The van der Waals surface area contributed by atoms with Crippen LogP contribution >= 0.6 is 11.3 Å². The molecule has 6 nitrogen and oxygen atoms in total. The molecule has 7 heteroatoms. The maximum absolute atomic E-state index is 11.9. The summed E-state index contributed by atoms with van der Waals surface area (Å²) in [6.07, 6.45) is 3.42. The number of hydrogen-bond acceptors (Lipinski definition) is 5. The number of ether oxygens (including phenoxy) is 1. The number of carbonyl (C=O) groups is 1. The van der Waals surface area contributed by atoms with Crippen LogP contribution in [0.25, 0.3) is 5.13 Å². The molecule has 27 heavy (non-hydrogen) atoms. The summed E-state index contributed by atoms with van der Waals surface area (Å²) in [5.74, 6) is 0.363. The van der Waals surface area contributed by atoms with E-state index in [1.807, 2.05) is 57.3 Å². The van der Waals surface area contributed by atoms with Gasteiger partial charge in [-0.3, -0.25) is 9.36 Å². The van der Waals surface area contributed by atoms with Crippen LogP contribution in [0.4, 0.5) is 0 Å². The summed E-state index contributed by atoms with van der Waals surface area (Å²) in [4.78, 5) is 16.3. The second kappa shape index (κ2) is 8.18. The van der Waals surface area contributed by atoms with Crippen molar-refractivity contribution in [3.8, 4) is 10.9 Å². The van der Waals surface area contributed by atoms with Crippen molar-refractivity contribution in [2.45, 2.75) is 27.7 Å². The lowest BCUT2D eigenvalue weighted by Crippen LogP contribution is -2.24. The zero-order chi connectivity index (χ0) is 19.4. The minimum atomic E-state index is -0.307. The third kappa shape index (κ3) is 4.43. The Morgan fingerprint density at radius 2 is 2.07 bits per heavy atom. The molecular formula is C20H22N4O2S. The maximum Gasteiger partial charge on any atom is 0.277 e. The Balaban J connectivity index is 1.58. The molecule has 0 aliphatic heterocycles. The zero-order valence-corrected chi connectivity index (χ0v) is 16.6. The van der Waals surface area contributed by atoms with Crippen LogP contribution in [0.2, 0.25) is 0 Å². The van der Waals surface area contributed by atoms with Crippen LogP contribution in [-0.2, 0) is 4.79 Å². The molecule has 0 saturated heterocycles. The van der Waals surface area contributed by atoms with Crippen LogP contribution in [0.5, 0.6) is 5.75 Å². The van der Waals surface area contributed by atoms with Gasteiger partial charge < -0.3 is 4.74 Å². The smallest absolute Gasteiger partial charge is 0.277 e. The standard InChI is InChI=1S/C20H22N4O2S/c1-13-5-6-18(9-14(13)2)26-12-19(25)23-22-11-17-10-15(3)24(16(17)4)20-21-7-8-27-20/h5-11H,12H2,1-4H3,(H,23,25)/b22-11-. The monoisotopic (exact) mass is 382 g/mol. The van der Waals surface area contributed by atoms with Gasteiger partial charge >= 0.3 is 0 Å². The molecule has 1 amide bonds. The molecule has 0 radical (unpaired) electrons. The Morgan fingerprint density at radius 3 is 2.78 bits per heavy atom. The molecule has 0 fully saturated rings. The first-order valence-electron chi connectivity index (χ1n) is 8.56. The van der Waals surface area contributed by atoms with E-state index in [0.29, 0.717) is 5.75 Å². The molecule has 2 aromatic heterocycles. The summed E-state index contributed by atoms with van der Waals surface area (Å²) in [5.41, 5.74) is 7.83. The first-order chi connectivity index (χ1) is 13.0. The lowest BCUT2D eigenvalue weighted by atomic mass is 10.1. The predicted molar refractivity (Wildman–Crippen MR) is 108 cm³/mol. The number of rotatable bonds is 6. The number of aryl methyl sites for hydroxylation is 3. The van der Waals surface area contributed by atoms with Gasteiger partial charge in [-0.1, -0.05) is 6.07 Å². The van der Waals surface area contributed by atoms with E-state index in [2.05, 4.69) is 20.1 Å². The van der Waals surface area contributed by atoms with Crippen LogP contribution in [0.3, 0.4) is 0 Å². The van der Waals surface area contributed by atoms with Gasteiger partial charge in [-0.15, -0.1) is 11.3 Å². The van der Waals surface area contributed by atoms with Gasteiger partial charge in [0.1, 0.15) is 5.75 Å². The van der Waals surface area contributed by atoms with Crippen molar-refractivity contribution in [3.05, 3.63) is 63.9 Å². The summed E-state index contributed by atoms with van der Waals surface area (Å²) in [6, 6.07) is 7.75. The molecule has 0 spiro atoms. The third-order valence-electron chi connectivity index (χ3n) is 4.32. The number of amides is 1. The molecule has 0 atom stereocenters. The summed E-state index contributed by atoms with van der Waals surface area (Å²) in [7, 11) is 0. The van der Waals surface area contributed by atoms with E-state index >= 15 is 0 Å². The van der Waals surface area contributed by atoms with Gasteiger partial charge in [-0.05, 0) is 57.0 Å². The highest BCUT2D eigenvalue weighted by molar-refractivity contribution is 7.12. The van der Waals surface area contributed by atoms with E-state index < -0.39 is 0 Å². The molecule has 0 unspecified atom stereocenters. The predicted octanol–water partition coefficient (Wildman–Crippen LogP) is 3.70. The van der Waals surface area contributed by atoms with Crippen LogP contribution in [-0.4, -0.2) is 28.3 Å². The quantitative estimate of drug-likeness (QED) is 0.522. The molecule has 1 N–H and O–H groups in total. The van der Waals surface area contributed by atoms with Crippen LogP contribution < -0.4 is 10.2 Å². The normalized spacial score (nSPS) is 11.1. The van der Waals surface area contributed by atoms with E-state index in [1.165, 1.54) is 5.56 Å². The molecule has 0 saturated carbocycles. The van der Waals surface area contributed by atoms with Gasteiger partial charge in [0.25, 0.3) is 5.91 Å². The fourth-order valence-electron chi connectivity index (χ4n) is 2.70. The number of nitrogens with one attached hydrogen (secondary N) is 1. The number of hydrazone groups is 1. The van der Waals surface area contributed by atoms with Crippen LogP contribution in [0, 0.1) is 27.7 Å². The lowest BCUT2D eigenvalue weighted by molar-refractivity contribution is -0.123. The first kappa shape index (κ1) is 18.8. The average molecular weight is 382 g/mol. The van der Waals surface area contributed by atoms with Crippen LogP contribution in [0.1, 0.15) is 28.1 Å². The number of carbonyl (C=O) groups excluding carboxylic acids is 1. The number of benzene rings is 1. The highest BCUT2D eigenvalue weighted by Crippen LogP contribution is 2.21. The molecule has 0 bridgehead atoms. The summed E-state index contributed by atoms with van der Waals surface area (Å²) >= 11 is 1.57. The fourth-order valence-corrected chi connectivity index (χ4v) is 3.45. The van der Waals surface area contributed by atoms with E-state index in [4.69, 9.17) is 4.74 Å². The van der Waals surface area contributed by atoms with Crippen LogP contribution in [0.15, 0.2) is 40.9 Å². The second-order valence-corrected chi connectivity index (χ2v) is 7.18. The van der Waals surface area contributed by atoms with Crippen molar-refractivity contribution in [1.29, 1.82) is 0 Å². The Morgan fingerprint density at radius 1 is 1.26 bits per heavy atom. The Labute approximate surface area is 162 Å². The summed E-state index contributed by atoms with van der Waals surface area (Å²) in [5, 5.41) is 6.90. The highest BCUT2D eigenvalue weighted by atomic mass is 32.1. The van der Waals surface area contributed by atoms with Gasteiger partial charge in [0, 0.05) is 28.5 Å². The molecule has 140 valence electrons. The summed E-state index contributed by atoms with van der Waals surface area (Å²) in [6.45, 7) is 7.97. The molecular weight excluding hydrogens is 360 g/mol. The van der Waals surface area contributed by atoms with E-state index in [9.17, 15) is 4.79 Å². The van der Waals surface area contributed by atoms with Crippen molar-refractivity contribution in [2.24, 2.45) is 5.10 Å². The number of hydrogen-bond donors (Lipinski definition) is 1. The van der Waals surface area contributed by atoms with Crippen molar-refractivity contribution in [1.82, 2.24) is 15.0 Å². The van der Waals surface area contributed by atoms with E-state index in [-0.39, 0.29) is 12.5 Å². The Hall–Kier alpha value is -2.93. The van der Waals surface area contributed by atoms with Crippen molar-refractivity contribution >= 4 is 23.5 Å². The Bertz CT molecular complexity index is 974. The van der Waals surface area contributed by atoms with Crippen molar-refractivity contribution < 1.29 is 9.53 Å². The van der Waals surface area contributed by atoms with Gasteiger partial charge in [-0.25, -0.2) is 10.4 Å². The second-order valence-electron chi connectivity index (χ2n) is 6.30. The largest absolute Gasteiger partial charge is 0.484 e. The van der Waals surface area contributed by atoms with E-state index in [0.717, 1.165) is 27.6 Å². The highest BCUT2D eigenvalue weighted by Gasteiger charge is 2.11. The minimum absolute atomic E-state index is 0.0853. The van der Waals surface area contributed by atoms with Crippen molar-refractivity contribution in [3.63, 3.8) is 0 Å². The minimum Gasteiger partial charge on any atom is -0.484 e. The van der Waals surface area contributed by atoms with E-state index in [1.54, 1.807) is 23.7 Å². The first-order valence-corrected chi connectivity index (χ1v) is 9.44.